The Kier molecular flexibility index (Phi) is 5.77. The maximum atomic E-state index is 12.1. The number of ether oxygens (including phenoxy) is 1. The number of hydrogen-bond donors (Lipinski definition) is 1. The van der Waals surface area contributed by atoms with E-state index < -0.39 is 0 Å². The first-order valence-electron chi connectivity index (χ1n) is 8.64. The Morgan fingerprint density at radius 3 is 2.50 bits per heavy atom. The van der Waals surface area contributed by atoms with Crippen molar-refractivity contribution in [2.75, 3.05) is 5.32 Å². The maximum Gasteiger partial charge on any atom is 0.321 e. The first kappa shape index (κ1) is 16.4. The molecule has 5 nitrogen and oxygen atoms in total. The monoisotopic (exact) mass is 325 g/mol. The van der Waals surface area contributed by atoms with Crippen molar-refractivity contribution in [3.63, 3.8) is 0 Å². The Bertz CT molecular complexity index is 637. The highest BCUT2D eigenvalue weighted by molar-refractivity contribution is 5.90. The van der Waals surface area contributed by atoms with Gasteiger partial charge in [0, 0.05) is 24.5 Å². The third-order valence-corrected chi connectivity index (χ3v) is 4.39. The highest BCUT2D eigenvalue weighted by Crippen LogP contribution is 2.27. The van der Waals surface area contributed by atoms with E-state index in [2.05, 4.69) is 15.3 Å². The van der Waals surface area contributed by atoms with Crippen molar-refractivity contribution in [1.82, 2.24) is 9.97 Å². The minimum Gasteiger partial charge on any atom is -0.424 e. The van der Waals surface area contributed by atoms with Crippen LogP contribution < -0.4 is 10.1 Å². The van der Waals surface area contributed by atoms with Crippen molar-refractivity contribution in [2.24, 2.45) is 5.92 Å². The molecule has 1 heterocycles. The summed E-state index contributed by atoms with van der Waals surface area (Å²) in [6.45, 7) is 0. The third kappa shape index (κ3) is 5.05. The number of nitrogens with one attached hydrogen (secondary N) is 1. The summed E-state index contributed by atoms with van der Waals surface area (Å²) in [6, 6.07) is 9.30. The van der Waals surface area contributed by atoms with Crippen LogP contribution in [0.4, 0.5) is 5.69 Å². The first-order chi connectivity index (χ1) is 11.8. The smallest absolute Gasteiger partial charge is 0.321 e. The molecule has 126 valence electrons. The first-order valence-corrected chi connectivity index (χ1v) is 8.64. The normalized spacial score (nSPS) is 15.0. The van der Waals surface area contributed by atoms with Crippen molar-refractivity contribution >= 4 is 11.6 Å². The zero-order valence-corrected chi connectivity index (χ0v) is 13.8. The summed E-state index contributed by atoms with van der Waals surface area (Å²) in [4.78, 5) is 20.1. The fraction of sp³-hybridized carbons (Fsp3) is 0.421. The van der Waals surface area contributed by atoms with Gasteiger partial charge in [-0.2, -0.15) is 0 Å². The Morgan fingerprint density at radius 1 is 1.08 bits per heavy atom. The number of nitrogens with zero attached hydrogens (tertiary/aromatic N) is 2. The van der Waals surface area contributed by atoms with Gasteiger partial charge in [0.1, 0.15) is 5.75 Å². The summed E-state index contributed by atoms with van der Waals surface area (Å²) in [6.07, 6.45) is 11.4. The summed E-state index contributed by atoms with van der Waals surface area (Å²) >= 11 is 0. The fourth-order valence-corrected chi connectivity index (χ4v) is 3.08. The number of aromatic nitrogens is 2. The second-order valence-corrected chi connectivity index (χ2v) is 6.25. The van der Waals surface area contributed by atoms with Gasteiger partial charge in [-0.1, -0.05) is 32.1 Å². The number of benzene rings is 1. The van der Waals surface area contributed by atoms with Crippen molar-refractivity contribution in [3.05, 3.63) is 42.7 Å². The van der Waals surface area contributed by atoms with Gasteiger partial charge in [-0.15, -0.1) is 0 Å². The molecule has 0 spiro atoms. The summed E-state index contributed by atoms with van der Waals surface area (Å²) < 4.78 is 5.53. The number of rotatable bonds is 6. The van der Waals surface area contributed by atoms with Crippen molar-refractivity contribution in [1.29, 1.82) is 0 Å². The molecule has 2 aromatic rings. The zero-order valence-electron chi connectivity index (χ0n) is 13.8. The van der Waals surface area contributed by atoms with Gasteiger partial charge in [0.25, 0.3) is 0 Å². The lowest BCUT2D eigenvalue weighted by molar-refractivity contribution is -0.116. The lowest BCUT2D eigenvalue weighted by Gasteiger charge is -2.21. The third-order valence-electron chi connectivity index (χ3n) is 4.39. The van der Waals surface area contributed by atoms with E-state index in [1.807, 2.05) is 12.1 Å². The van der Waals surface area contributed by atoms with Crippen LogP contribution >= 0.6 is 0 Å². The molecule has 0 saturated heterocycles. The molecule has 5 heteroatoms. The van der Waals surface area contributed by atoms with Gasteiger partial charge >= 0.3 is 6.01 Å². The predicted octanol–water partition coefficient (Wildman–Crippen LogP) is 4.57. The zero-order chi connectivity index (χ0) is 16.6. The lowest BCUT2D eigenvalue weighted by atomic mass is 9.86. The molecule has 1 saturated carbocycles. The van der Waals surface area contributed by atoms with Gasteiger partial charge in [0.15, 0.2) is 0 Å². The van der Waals surface area contributed by atoms with Crippen LogP contribution in [0.15, 0.2) is 42.7 Å². The standard InChI is InChI=1S/C19H23N3O2/c23-18(12-7-15-5-2-1-3-6-15)22-16-8-10-17(11-9-16)24-19-20-13-4-14-21-19/h4,8-11,13-15H,1-3,5-7,12H2,(H,22,23). The van der Waals surface area contributed by atoms with Gasteiger partial charge in [-0.3, -0.25) is 4.79 Å². The molecular weight excluding hydrogens is 302 g/mol. The van der Waals surface area contributed by atoms with Crippen LogP contribution in [-0.2, 0) is 4.79 Å². The predicted molar refractivity (Wildman–Crippen MR) is 93.0 cm³/mol. The Morgan fingerprint density at radius 2 is 1.79 bits per heavy atom. The van der Waals surface area contributed by atoms with Gasteiger partial charge in [0.2, 0.25) is 5.91 Å². The van der Waals surface area contributed by atoms with E-state index in [9.17, 15) is 4.79 Å². The van der Waals surface area contributed by atoms with E-state index in [4.69, 9.17) is 4.74 Å². The van der Waals surface area contributed by atoms with Crippen molar-refractivity contribution < 1.29 is 9.53 Å². The second-order valence-electron chi connectivity index (χ2n) is 6.25. The summed E-state index contributed by atoms with van der Waals surface area (Å²) in [5.41, 5.74) is 0.782. The Labute approximate surface area is 142 Å². The SMILES string of the molecule is O=C(CCC1CCCCC1)Nc1ccc(Oc2ncccn2)cc1. The Hall–Kier alpha value is -2.43. The quantitative estimate of drug-likeness (QED) is 0.845. The van der Waals surface area contributed by atoms with Crippen molar-refractivity contribution in [2.45, 2.75) is 44.9 Å². The van der Waals surface area contributed by atoms with Gasteiger partial charge in [-0.05, 0) is 42.7 Å². The number of carbonyl (C=O) groups excluding carboxylic acids is 1. The van der Waals surface area contributed by atoms with Crippen LogP contribution in [0, 0.1) is 5.92 Å². The summed E-state index contributed by atoms with van der Waals surface area (Å²) in [5, 5.41) is 2.95. The molecule has 24 heavy (non-hydrogen) atoms. The van der Waals surface area contributed by atoms with Crippen LogP contribution in [0.2, 0.25) is 0 Å². The van der Waals surface area contributed by atoms with Gasteiger partial charge in [0.05, 0.1) is 0 Å². The van der Waals surface area contributed by atoms with Gasteiger partial charge in [-0.25, -0.2) is 9.97 Å². The number of amides is 1. The van der Waals surface area contributed by atoms with Crippen LogP contribution in [0.1, 0.15) is 44.9 Å². The number of anilines is 1. The molecule has 1 aromatic heterocycles. The molecule has 0 unspecified atom stereocenters. The van der Waals surface area contributed by atoms with E-state index >= 15 is 0 Å². The van der Waals surface area contributed by atoms with Crippen LogP contribution in [-0.4, -0.2) is 15.9 Å². The summed E-state index contributed by atoms with van der Waals surface area (Å²) in [7, 11) is 0. The van der Waals surface area contributed by atoms with E-state index in [-0.39, 0.29) is 5.91 Å². The van der Waals surface area contributed by atoms with Crippen molar-refractivity contribution in [3.8, 4) is 11.8 Å². The molecule has 0 radical (unpaired) electrons. The van der Waals surface area contributed by atoms with Crippen LogP contribution in [0.5, 0.6) is 11.8 Å². The molecule has 1 aliphatic rings. The highest BCUT2D eigenvalue weighted by atomic mass is 16.5. The van der Waals surface area contributed by atoms with Crippen LogP contribution in [0.3, 0.4) is 0 Å². The molecule has 0 aliphatic heterocycles. The molecule has 1 amide bonds. The fourth-order valence-electron chi connectivity index (χ4n) is 3.08. The molecule has 1 aliphatic carbocycles. The van der Waals surface area contributed by atoms with Crippen LogP contribution in [0.25, 0.3) is 0 Å². The largest absolute Gasteiger partial charge is 0.424 e. The minimum atomic E-state index is 0.0839. The van der Waals surface area contributed by atoms with Gasteiger partial charge < -0.3 is 10.1 Å². The Balaban J connectivity index is 1.45. The molecule has 3 rings (SSSR count). The highest BCUT2D eigenvalue weighted by Gasteiger charge is 2.14. The molecule has 0 atom stereocenters. The average Bonchev–Trinajstić information content (AvgIpc) is 2.63. The molecule has 1 fully saturated rings. The summed E-state index contributed by atoms with van der Waals surface area (Å²) in [5.74, 6) is 1.45. The number of carbonyl (C=O) groups is 1. The second kappa shape index (κ2) is 8.43. The molecular formula is C19H23N3O2. The molecule has 1 aromatic carbocycles. The maximum absolute atomic E-state index is 12.1. The molecule has 1 N–H and O–H groups in total. The van der Waals surface area contributed by atoms with E-state index in [1.165, 1.54) is 32.1 Å². The minimum absolute atomic E-state index is 0.0839. The number of hydrogen-bond acceptors (Lipinski definition) is 4. The lowest BCUT2D eigenvalue weighted by Crippen LogP contribution is -2.14. The van der Waals surface area contributed by atoms with E-state index in [0.29, 0.717) is 18.2 Å². The molecule has 0 bridgehead atoms. The van der Waals surface area contributed by atoms with E-state index in [1.54, 1.807) is 30.6 Å². The average molecular weight is 325 g/mol. The topological polar surface area (TPSA) is 64.1 Å². The van der Waals surface area contributed by atoms with E-state index in [0.717, 1.165) is 18.0 Å².